The summed E-state index contributed by atoms with van der Waals surface area (Å²) < 4.78 is 2.21. The molecule has 0 fully saturated rings. The van der Waals surface area contributed by atoms with E-state index in [4.69, 9.17) is 0 Å². The summed E-state index contributed by atoms with van der Waals surface area (Å²) in [4.78, 5) is 0.995. The van der Waals surface area contributed by atoms with Crippen molar-refractivity contribution in [1.82, 2.24) is 14.8 Å². The highest BCUT2D eigenvalue weighted by Gasteiger charge is 2.17. The highest BCUT2D eigenvalue weighted by atomic mass is 32.2. The Morgan fingerprint density at radius 3 is 3.00 bits per heavy atom. The number of hydrogen-bond donors (Lipinski definition) is 0. The van der Waals surface area contributed by atoms with Gasteiger partial charge in [-0.3, -0.25) is 0 Å². The largest absolute Gasteiger partial charge is 0.306 e. The van der Waals surface area contributed by atoms with Gasteiger partial charge >= 0.3 is 0 Å². The first-order valence-electron chi connectivity index (χ1n) is 6.89. The quantitative estimate of drug-likeness (QED) is 0.848. The van der Waals surface area contributed by atoms with Crippen LogP contribution in [0.25, 0.3) is 0 Å². The molecular weight excluding hydrogens is 268 g/mol. The van der Waals surface area contributed by atoms with Gasteiger partial charge in [-0.2, -0.15) is 5.26 Å². The molecular formula is C15H16N4S. The molecule has 0 spiro atoms. The Morgan fingerprint density at radius 2 is 2.15 bits per heavy atom. The number of aromatic nitrogens is 3. The molecule has 0 atom stereocenters. The number of fused-ring (bicyclic) bond motifs is 1. The van der Waals surface area contributed by atoms with E-state index in [0.29, 0.717) is 5.56 Å². The zero-order valence-electron chi connectivity index (χ0n) is 11.5. The van der Waals surface area contributed by atoms with Gasteiger partial charge in [-0.1, -0.05) is 18.6 Å². The Hall–Kier alpha value is -1.80. The lowest BCUT2D eigenvalue weighted by Crippen LogP contribution is -2.02. The molecule has 1 aromatic heterocycles. The molecule has 0 saturated carbocycles. The van der Waals surface area contributed by atoms with E-state index >= 15 is 0 Å². The van der Waals surface area contributed by atoms with Crippen LogP contribution in [0.3, 0.4) is 0 Å². The van der Waals surface area contributed by atoms with Gasteiger partial charge in [0.25, 0.3) is 0 Å². The number of hydrogen-bond acceptors (Lipinski definition) is 4. The smallest absolute Gasteiger partial charge is 0.196 e. The second-order valence-corrected chi connectivity index (χ2v) is 6.00. The molecule has 1 aliphatic rings. The Kier molecular flexibility index (Phi) is 3.75. The summed E-state index contributed by atoms with van der Waals surface area (Å²) in [6, 6.07) is 8.07. The van der Waals surface area contributed by atoms with E-state index in [1.54, 1.807) is 11.8 Å². The summed E-state index contributed by atoms with van der Waals surface area (Å²) in [7, 11) is 0. The number of benzene rings is 1. The zero-order chi connectivity index (χ0) is 13.9. The van der Waals surface area contributed by atoms with E-state index in [2.05, 4.69) is 20.8 Å². The van der Waals surface area contributed by atoms with E-state index in [9.17, 15) is 5.26 Å². The first-order chi connectivity index (χ1) is 9.79. The average molecular weight is 284 g/mol. The van der Waals surface area contributed by atoms with Crippen LogP contribution in [0.5, 0.6) is 0 Å². The van der Waals surface area contributed by atoms with E-state index in [1.165, 1.54) is 19.3 Å². The summed E-state index contributed by atoms with van der Waals surface area (Å²) in [5.41, 5.74) is 1.82. The number of nitriles is 1. The van der Waals surface area contributed by atoms with Crippen LogP contribution in [-0.2, 0) is 13.0 Å². The third-order valence-corrected chi connectivity index (χ3v) is 4.83. The van der Waals surface area contributed by atoms with Crippen LogP contribution in [0.15, 0.2) is 28.3 Å². The summed E-state index contributed by atoms with van der Waals surface area (Å²) in [5.74, 6) is 1.08. The molecule has 4 nitrogen and oxygen atoms in total. The topological polar surface area (TPSA) is 54.5 Å². The Balaban J connectivity index is 1.97. The minimum atomic E-state index is 0.709. The minimum absolute atomic E-state index is 0.709. The molecule has 2 aromatic rings. The highest BCUT2D eigenvalue weighted by molar-refractivity contribution is 7.99. The zero-order valence-corrected chi connectivity index (χ0v) is 12.3. The van der Waals surface area contributed by atoms with E-state index in [-0.39, 0.29) is 0 Å². The maximum atomic E-state index is 9.25. The second-order valence-electron chi connectivity index (χ2n) is 5.03. The summed E-state index contributed by atoms with van der Waals surface area (Å²) in [6.45, 7) is 3.02. The number of nitrogens with zero attached hydrogens (tertiary/aromatic N) is 4. The average Bonchev–Trinajstić information content (AvgIpc) is 2.69. The Labute approximate surface area is 122 Å². The standard InChI is InChI=1S/C15H16N4S/c1-11-6-5-7-12(10-16)14(11)20-15-18-17-13-8-3-2-4-9-19(13)15/h5-7H,2-4,8-9H2,1H3. The molecule has 0 amide bonds. The molecule has 5 heteroatoms. The van der Waals surface area contributed by atoms with Gasteiger partial charge in [-0.15, -0.1) is 10.2 Å². The van der Waals surface area contributed by atoms with Crippen LogP contribution in [0, 0.1) is 18.3 Å². The van der Waals surface area contributed by atoms with Gasteiger partial charge in [-0.05, 0) is 43.2 Å². The van der Waals surface area contributed by atoms with Gasteiger partial charge in [0.1, 0.15) is 11.9 Å². The van der Waals surface area contributed by atoms with Crippen molar-refractivity contribution in [3.05, 3.63) is 35.2 Å². The summed E-state index contributed by atoms with van der Waals surface area (Å²) in [6.07, 6.45) is 4.63. The Bertz CT molecular complexity index is 669. The lowest BCUT2D eigenvalue weighted by Gasteiger charge is -2.09. The van der Waals surface area contributed by atoms with Crippen LogP contribution in [0.2, 0.25) is 0 Å². The Morgan fingerprint density at radius 1 is 1.25 bits per heavy atom. The number of aryl methyl sites for hydroxylation is 2. The van der Waals surface area contributed by atoms with Crippen LogP contribution >= 0.6 is 11.8 Å². The van der Waals surface area contributed by atoms with Crippen LogP contribution < -0.4 is 0 Å². The first-order valence-corrected chi connectivity index (χ1v) is 7.71. The van der Waals surface area contributed by atoms with Gasteiger partial charge in [0, 0.05) is 17.9 Å². The predicted octanol–water partition coefficient (Wildman–Crippen LogP) is 3.34. The normalized spacial score (nSPS) is 14.4. The predicted molar refractivity (Wildman–Crippen MR) is 77.6 cm³/mol. The SMILES string of the molecule is Cc1cccc(C#N)c1Sc1nnc2n1CCCCC2. The van der Waals surface area contributed by atoms with Crippen molar-refractivity contribution < 1.29 is 0 Å². The lowest BCUT2D eigenvalue weighted by molar-refractivity contribution is 0.591. The summed E-state index contributed by atoms with van der Waals surface area (Å²) in [5, 5.41) is 18.8. The third-order valence-electron chi connectivity index (χ3n) is 3.60. The third kappa shape index (κ3) is 2.44. The van der Waals surface area contributed by atoms with Crippen molar-refractivity contribution in [3.63, 3.8) is 0 Å². The molecule has 0 N–H and O–H groups in total. The van der Waals surface area contributed by atoms with Crippen molar-refractivity contribution in [2.24, 2.45) is 0 Å². The fourth-order valence-electron chi connectivity index (χ4n) is 2.50. The molecule has 20 heavy (non-hydrogen) atoms. The van der Waals surface area contributed by atoms with Crippen molar-refractivity contribution in [3.8, 4) is 6.07 Å². The van der Waals surface area contributed by atoms with Gasteiger partial charge in [0.15, 0.2) is 5.16 Å². The monoisotopic (exact) mass is 284 g/mol. The van der Waals surface area contributed by atoms with Crippen LogP contribution in [0.4, 0.5) is 0 Å². The number of rotatable bonds is 2. The molecule has 1 aromatic carbocycles. The van der Waals surface area contributed by atoms with Gasteiger partial charge in [0.05, 0.1) is 5.56 Å². The maximum absolute atomic E-state index is 9.25. The summed E-state index contributed by atoms with van der Waals surface area (Å²) >= 11 is 1.56. The van der Waals surface area contributed by atoms with Crippen molar-refractivity contribution in [2.45, 2.75) is 49.2 Å². The van der Waals surface area contributed by atoms with E-state index in [1.807, 2.05) is 25.1 Å². The molecule has 102 valence electrons. The lowest BCUT2D eigenvalue weighted by atomic mass is 10.1. The second kappa shape index (κ2) is 5.68. The first kappa shape index (κ1) is 13.2. The fourth-order valence-corrected chi connectivity index (χ4v) is 3.52. The molecule has 1 aliphatic heterocycles. The molecule has 0 unspecified atom stereocenters. The van der Waals surface area contributed by atoms with Gasteiger partial charge in [0.2, 0.25) is 0 Å². The highest BCUT2D eigenvalue weighted by Crippen LogP contribution is 2.33. The van der Waals surface area contributed by atoms with Gasteiger partial charge in [-0.25, -0.2) is 0 Å². The van der Waals surface area contributed by atoms with Crippen molar-refractivity contribution in [2.75, 3.05) is 0 Å². The van der Waals surface area contributed by atoms with Gasteiger partial charge < -0.3 is 4.57 Å². The molecule has 3 rings (SSSR count). The van der Waals surface area contributed by atoms with Crippen LogP contribution in [0.1, 0.15) is 36.2 Å². The van der Waals surface area contributed by atoms with Crippen molar-refractivity contribution in [1.29, 1.82) is 5.26 Å². The molecule has 2 heterocycles. The van der Waals surface area contributed by atoms with Crippen LogP contribution in [-0.4, -0.2) is 14.8 Å². The van der Waals surface area contributed by atoms with E-state index < -0.39 is 0 Å². The van der Waals surface area contributed by atoms with Crippen molar-refractivity contribution >= 4 is 11.8 Å². The fraction of sp³-hybridized carbons (Fsp3) is 0.400. The molecule has 0 aliphatic carbocycles. The van der Waals surface area contributed by atoms with E-state index in [0.717, 1.165) is 34.4 Å². The molecule has 0 saturated heterocycles. The molecule has 0 radical (unpaired) electrons. The maximum Gasteiger partial charge on any atom is 0.196 e. The minimum Gasteiger partial charge on any atom is -0.306 e. The molecule has 0 bridgehead atoms.